The molecule has 0 saturated heterocycles. The van der Waals surface area contributed by atoms with Crippen LogP contribution in [0.25, 0.3) is 0 Å². The first kappa shape index (κ1) is 13.8. The van der Waals surface area contributed by atoms with Gasteiger partial charge in [0.15, 0.2) is 0 Å². The lowest BCUT2D eigenvalue weighted by Gasteiger charge is -2.17. The van der Waals surface area contributed by atoms with Crippen LogP contribution in [0.3, 0.4) is 0 Å². The Morgan fingerprint density at radius 3 is 2.43 bits per heavy atom. The second kappa shape index (κ2) is 8.10. The quantitative estimate of drug-likeness (QED) is 0.656. The molecule has 0 fully saturated rings. The molecule has 1 amide bonds. The highest BCUT2D eigenvalue weighted by atomic mass is 35.5. The fourth-order valence-electron chi connectivity index (χ4n) is 1.26. The molecular formula is C11H22ClNO. The summed E-state index contributed by atoms with van der Waals surface area (Å²) < 4.78 is 0. The fraction of sp³-hybridized carbons (Fsp3) is 0.909. The summed E-state index contributed by atoms with van der Waals surface area (Å²) in [6, 6.07) is 0.254. The van der Waals surface area contributed by atoms with Crippen molar-refractivity contribution in [1.29, 1.82) is 0 Å². The van der Waals surface area contributed by atoms with E-state index in [1.54, 1.807) is 0 Å². The molecule has 0 aromatic heterocycles. The van der Waals surface area contributed by atoms with Gasteiger partial charge in [-0.1, -0.05) is 27.2 Å². The molecule has 0 aliphatic carbocycles. The minimum Gasteiger partial charge on any atom is -0.353 e. The van der Waals surface area contributed by atoms with Crippen LogP contribution in [0.5, 0.6) is 0 Å². The maximum absolute atomic E-state index is 11.5. The molecule has 2 nitrogen and oxygen atoms in total. The van der Waals surface area contributed by atoms with E-state index in [9.17, 15) is 4.79 Å². The Morgan fingerprint density at radius 2 is 2.00 bits per heavy atom. The summed E-state index contributed by atoms with van der Waals surface area (Å²) >= 11 is 5.64. The number of hydrogen-bond acceptors (Lipinski definition) is 1. The number of rotatable bonds is 7. The number of amides is 1. The summed E-state index contributed by atoms with van der Waals surface area (Å²) in [5.74, 6) is 1.25. The van der Waals surface area contributed by atoms with Crippen molar-refractivity contribution < 1.29 is 4.79 Å². The molecule has 0 aromatic rings. The van der Waals surface area contributed by atoms with Gasteiger partial charge in [-0.15, -0.1) is 11.6 Å². The summed E-state index contributed by atoms with van der Waals surface area (Å²) in [5, 5.41) is 3.01. The molecule has 2 atom stereocenters. The maximum atomic E-state index is 11.5. The molecule has 14 heavy (non-hydrogen) atoms. The highest BCUT2D eigenvalue weighted by molar-refractivity contribution is 6.17. The van der Waals surface area contributed by atoms with Gasteiger partial charge in [-0.25, -0.2) is 0 Å². The van der Waals surface area contributed by atoms with Crippen molar-refractivity contribution in [2.75, 3.05) is 5.88 Å². The standard InChI is InChI=1S/C11H22ClNO/c1-4-9(3)8-11(14)13-10(5-2)6-7-12/h9-10H,4-8H2,1-3H3,(H,13,14). The third kappa shape index (κ3) is 6.25. The van der Waals surface area contributed by atoms with Gasteiger partial charge in [0.25, 0.3) is 0 Å². The molecular weight excluding hydrogens is 198 g/mol. The molecule has 0 radical (unpaired) electrons. The first-order chi connectivity index (χ1) is 6.63. The molecule has 0 rings (SSSR count). The number of carbonyl (C=O) groups excluding carboxylic acids is 1. The summed E-state index contributed by atoms with van der Waals surface area (Å²) in [5.41, 5.74) is 0. The second-order valence-electron chi connectivity index (χ2n) is 3.87. The van der Waals surface area contributed by atoms with Gasteiger partial charge >= 0.3 is 0 Å². The molecule has 0 aliphatic rings. The number of alkyl halides is 1. The Balaban J connectivity index is 3.78. The Hall–Kier alpha value is -0.240. The summed E-state index contributed by atoms with van der Waals surface area (Å²) in [6.45, 7) is 6.27. The van der Waals surface area contributed by atoms with Crippen LogP contribution in [0.1, 0.15) is 46.5 Å². The fourth-order valence-corrected chi connectivity index (χ4v) is 1.52. The summed E-state index contributed by atoms with van der Waals surface area (Å²) in [4.78, 5) is 11.5. The lowest BCUT2D eigenvalue weighted by molar-refractivity contribution is -0.122. The number of nitrogens with one attached hydrogen (secondary N) is 1. The van der Waals surface area contributed by atoms with Crippen LogP contribution in [0.15, 0.2) is 0 Å². The Morgan fingerprint density at radius 1 is 1.36 bits per heavy atom. The van der Waals surface area contributed by atoms with Gasteiger partial charge in [-0.2, -0.15) is 0 Å². The van der Waals surface area contributed by atoms with Gasteiger partial charge in [0.05, 0.1) is 0 Å². The monoisotopic (exact) mass is 219 g/mol. The number of hydrogen-bond donors (Lipinski definition) is 1. The van der Waals surface area contributed by atoms with Gasteiger partial charge in [0.1, 0.15) is 0 Å². The average Bonchev–Trinajstić information content (AvgIpc) is 2.16. The zero-order valence-electron chi connectivity index (χ0n) is 9.48. The van der Waals surface area contributed by atoms with Crippen LogP contribution in [0.4, 0.5) is 0 Å². The van der Waals surface area contributed by atoms with E-state index in [1.807, 2.05) is 0 Å². The number of carbonyl (C=O) groups is 1. The predicted molar refractivity (Wildman–Crippen MR) is 61.6 cm³/mol. The van der Waals surface area contributed by atoms with E-state index in [4.69, 9.17) is 11.6 Å². The SMILES string of the molecule is CCC(C)CC(=O)NC(CC)CCCl. The van der Waals surface area contributed by atoms with Crippen LogP contribution in [-0.2, 0) is 4.79 Å². The highest BCUT2D eigenvalue weighted by Crippen LogP contribution is 2.07. The summed E-state index contributed by atoms with van der Waals surface area (Å²) in [6.07, 6.45) is 3.51. The Labute approximate surface area is 92.4 Å². The van der Waals surface area contributed by atoms with Crippen molar-refractivity contribution in [3.63, 3.8) is 0 Å². The van der Waals surface area contributed by atoms with Crippen LogP contribution in [-0.4, -0.2) is 17.8 Å². The van der Waals surface area contributed by atoms with Crippen LogP contribution in [0.2, 0.25) is 0 Å². The number of halogens is 1. The molecule has 0 saturated carbocycles. The van der Waals surface area contributed by atoms with E-state index < -0.39 is 0 Å². The van der Waals surface area contributed by atoms with E-state index in [0.29, 0.717) is 18.2 Å². The second-order valence-corrected chi connectivity index (χ2v) is 4.25. The van der Waals surface area contributed by atoms with E-state index in [-0.39, 0.29) is 11.9 Å². The van der Waals surface area contributed by atoms with Crippen molar-refractivity contribution in [1.82, 2.24) is 5.32 Å². The molecule has 0 heterocycles. The topological polar surface area (TPSA) is 29.1 Å². The molecule has 0 aliphatic heterocycles. The van der Waals surface area contributed by atoms with Crippen LogP contribution < -0.4 is 5.32 Å². The first-order valence-corrected chi connectivity index (χ1v) is 6.02. The van der Waals surface area contributed by atoms with Gasteiger partial charge in [0, 0.05) is 18.3 Å². The van der Waals surface area contributed by atoms with Crippen molar-refractivity contribution in [2.45, 2.75) is 52.5 Å². The van der Waals surface area contributed by atoms with Crippen molar-refractivity contribution in [3.8, 4) is 0 Å². The smallest absolute Gasteiger partial charge is 0.220 e. The zero-order chi connectivity index (χ0) is 11.0. The van der Waals surface area contributed by atoms with Gasteiger partial charge in [0.2, 0.25) is 5.91 Å². The van der Waals surface area contributed by atoms with Crippen molar-refractivity contribution in [2.24, 2.45) is 5.92 Å². The Kier molecular flexibility index (Phi) is 7.96. The normalized spacial score (nSPS) is 14.9. The summed E-state index contributed by atoms with van der Waals surface area (Å²) in [7, 11) is 0. The molecule has 3 heteroatoms. The minimum absolute atomic E-state index is 0.163. The molecule has 0 bridgehead atoms. The molecule has 2 unspecified atom stereocenters. The zero-order valence-corrected chi connectivity index (χ0v) is 10.2. The van der Waals surface area contributed by atoms with Crippen molar-refractivity contribution >= 4 is 17.5 Å². The largest absolute Gasteiger partial charge is 0.353 e. The minimum atomic E-state index is 0.163. The molecule has 84 valence electrons. The Bertz CT molecular complexity index is 161. The lowest BCUT2D eigenvalue weighted by atomic mass is 10.0. The van der Waals surface area contributed by atoms with Gasteiger partial charge in [-0.3, -0.25) is 4.79 Å². The van der Waals surface area contributed by atoms with Gasteiger partial charge < -0.3 is 5.32 Å². The highest BCUT2D eigenvalue weighted by Gasteiger charge is 2.11. The third-order valence-corrected chi connectivity index (χ3v) is 2.76. The first-order valence-electron chi connectivity index (χ1n) is 5.49. The van der Waals surface area contributed by atoms with Crippen molar-refractivity contribution in [3.05, 3.63) is 0 Å². The average molecular weight is 220 g/mol. The van der Waals surface area contributed by atoms with E-state index in [2.05, 4.69) is 26.1 Å². The molecule has 0 spiro atoms. The molecule has 0 aromatic carbocycles. The predicted octanol–water partition coefficient (Wildman–Crippen LogP) is 2.95. The third-order valence-electron chi connectivity index (χ3n) is 2.55. The van der Waals surface area contributed by atoms with Gasteiger partial charge in [-0.05, 0) is 18.8 Å². The lowest BCUT2D eigenvalue weighted by Crippen LogP contribution is -2.35. The van der Waals surface area contributed by atoms with E-state index in [1.165, 1.54) is 0 Å². The van der Waals surface area contributed by atoms with E-state index >= 15 is 0 Å². The maximum Gasteiger partial charge on any atom is 0.220 e. The van der Waals surface area contributed by atoms with Crippen LogP contribution >= 0.6 is 11.6 Å². The van der Waals surface area contributed by atoms with Crippen LogP contribution in [0, 0.1) is 5.92 Å². The molecule has 1 N–H and O–H groups in total. The van der Waals surface area contributed by atoms with E-state index in [0.717, 1.165) is 19.3 Å².